The van der Waals surface area contributed by atoms with Crippen LogP contribution in [0, 0.1) is 0 Å². The first-order chi connectivity index (χ1) is 13.4. The van der Waals surface area contributed by atoms with Gasteiger partial charge in [-0.15, -0.1) is 0 Å². The van der Waals surface area contributed by atoms with E-state index in [0.29, 0.717) is 0 Å². The van der Waals surface area contributed by atoms with Crippen molar-refractivity contribution in [1.82, 2.24) is 0 Å². The Hall–Kier alpha value is -0.231. The van der Waals surface area contributed by atoms with Crippen LogP contribution in [-0.4, -0.2) is 6.16 Å². The predicted octanol–water partition coefficient (Wildman–Crippen LogP) is 7.54. The Balaban J connectivity index is 0.000000500. The number of benzene rings is 3. The van der Waals surface area contributed by atoms with Gasteiger partial charge in [-0.1, -0.05) is 67.9 Å². The maximum atomic E-state index is 4.95. The molecule has 0 atom stereocenters. The van der Waals surface area contributed by atoms with Crippen molar-refractivity contribution in [2.45, 2.75) is 19.8 Å². The van der Waals surface area contributed by atoms with E-state index in [1.165, 1.54) is 34.9 Å². The molecule has 0 nitrogen and oxygen atoms in total. The summed E-state index contributed by atoms with van der Waals surface area (Å²) in [7, 11) is 15.6. The number of halogens is 4. The first-order valence-electron chi connectivity index (χ1n) is 8.96. The third-order valence-electron chi connectivity index (χ3n) is 4.44. The average molecular weight is 517 g/mol. The molecule has 0 fully saturated rings. The minimum absolute atomic E-state index is 1.23. The summed E-state index contributed by atoms with van der Waals surface area (Å²) in [6.45, 7) is 2.29. The van der Waals surface area contributed by atoms with Crippen LogP contribution in [0.4, 0.5) is 0 Å². The normalized spacial score (nSPS) is 12.0. The van der Waals surface area contributed by atoms with Crippen molar-refractivity contribution in [1.29, 1.82) is 0 Å². The first kappa shape index (κ1) is 24.0. The Labute approximate surface area is 188 Å². The van der Waals surface area contributed by atoms with Crippen molar-refractivity contribution in [3.05, 3.63) is 91.0 Å². The van der Waals surface area contributed by atoms with Crippen LogP contribution in [0.15, 0.2) is 91.0 Å². The summed E-state index contributed by atoms with van der Waals surface area (Å²) in [6.07, 6.45) is 3.72. The molecule has 0 amide bonds. The molecule has 3 aromatic rings. The predicted molar refractivity (Wildman–Crippen MR) is 128 cm³/mol. The van der Waals surface area contributed by atoms with Gasteiger partial charge in [-0.2, -0.15) is 0 Å². The molecule has 3 rings (SSSR count). The molecule has 0 radical (unpaired) electrons. The molecule has 0 unspecified atom stereocenters. The van der Waals surface area contributed by atoms with Crippen LogP contribution < -0.4 is 15.9 Å². The second-order valence-corrected chi connectivity index (χ2v) is 20.8. The molecule has 0 spiro atoms. The number of hydrogen-bond donors (Lipinski definition) is 0. The van der Waals surface area contributed by atoms with Crippen LogP contribution in [-0.2, 0) is 9.20 Å². The molecule has 0 bridgehead atoms. The fraction of sp³-hybridized carbons (Fsp3) is 0.182. The van der Waals surface area contributed by atoms with E-state index < -0.39 is 16.5 Å². The first-order valence-corrected chi connectivity index (χ1v) is 17.0. The molecule has 0 saturated heterocycles. The van der Waals surface area contributed by atoms with E-state index in [4.69, 9.17) is 40.4 Å². The maximum absolute atomic E-state index is 4.95. The summed E-state index contributed by atoms with van der Waals surface area (Å²) in [5.41, 5.74) is 0. The molecular weight excluding hydrogens is 493 g/mol. The summed E-state index contributed by atoms with van der Waals surface area (Å²) in [5.74, 6) is 0. The summed E-state index contributed by atoms with van der Waals surface area (Å²) in [4.78, 5) is 0. The van der Waals surface area contributed by atoms with E-state index >= 15 is 0 Å². The van der Waals surface area contributed by atoms with Gasteiger partial charge in [0.1, 0.15) is 23.2 Å². The van der Waals surface area contributed by atoms with Gasteiger partial charge in [0.25, 0.3) is 0 Å². The van der Waals surface area contributed by atoms with E-state index in [1.807, 2.05) is 0 Å². The number of unbranched alkanes of at least 4 members (excludes halogenated alkanes) is 1. The number of rotatable bonds is 6. The Kier molecular flexibility index (Phi) is 10.2. The molecule has 0 heterocycles. The standard InChI is InChI=1S/C22H24P.4ClH.Fe/c1-2-3-19-23(20-13-7-4-8-14-20,21-15-9-5-10-16-21)22-17-11-6-12-18-22;;;;;/h4-18H,2-3,19H2,1H3;4*1H;/q+1;;;;;+3/p-4. The Morgan fingerprint density at radius 3 is 1.14 bits per heavy atom. The van der Waals surface area contributed by atoms with Gasteiger partial charge in [0.15, 0.2) is 0 Å². The molecule has 153 valence electrons. The van der Waals surface area contributed by atoms with Crippen LogP contribution in [0.3, 0.4) is 0 Å². The molecule has 28 heavy (non-hydrogen) atoms. The number of hydrogen-bond acceptors (Lipinski definition) is 0. The fourth-order valence-electron chi connectivity index (χ4n) is 3.28. The van der Waals surface area contributed by atoms with E-state index in [9.17, 15) is 0 Å². The van der Waals surface area contributed by atoms with Gasteiger partial charge in [0, 0.05) is 0 Å². The molecule has 6 heteroatoms. The van der Waals surface area contributed by atoms with Gasteiger partial charge in [-0.05, 0) is 42.8 Å². The molecule has 0 saturated carbocycles. The van der Waals surface area contributed by atoms with Crippen LogP contribution in [0.5, 0.6) is 0 Å². The van der Waals surface area contributed by atoms with Crippen molar-refractivity contribution >= 4 is 63.6 Å². The molecule has 0 aliphatic heterocycles. The molecule has 0 aromatic heterocycles. The van der Waals surface area contributed by atoms with Crippen molar-refractivity contribution in [3.8, 4) is 0 Å². The van der Waals surface area contributed by atoms with Crippen LogP contribution >= 0.6 is 47.7 Å². The van der Waals surface area contributed by atoms with Crippen LogP contribution in [0.2, 0.25) is 0 Å². The van der Waals surface area contributed by atoms with Gasteiger partial charge in [-0.3, -0.25) is 0 Å². The molecular formula is C22H24Cl4FeP. The van der Waals surface area contributed by atoms with E-state index in [2.05, 4.69) is 97.9 Å². The van der Waals surface area contributed by atoms with Crippen molar-refractivity contribution in [3.63, 3.8) is 0 Å². The molecule has 0 aliphatic carbocycles. The van der Waals surface area contributed by atoms with E-state index in [-0.39, 0.29) is 0 Å². The molecule has 0 N–H and O–H groups in total. The SMILES string of the molecule is CCCC[P+](c1ccccc1)(c1ccccc1)c1ccccc1.[Cl][Fe-]([Cl])([Cl])[Cl]. The van der Waals surface area contributed by atoms with Gasteiger partial charge in [0.2, 0.25) is 0 Å². The van der Waals surface area contributed by atoms with Crippen molar-refractivity contribution in [2.75, 3.05) is 6.16 Å². The average Bonchev–Trinajstić information content (AvgIpc) is 2.70. The van der Waals surface area contributed by atoms with Crippen LogP contribution in [0.25, 0.3) is 0 Å². The van der Waals surface area contributed by atoms with Crippen LogP contribution in [0.1, 0.15) is 19.8 Å². The Bertz CT molecular complexity index is 706. The van der Waals surface area contributed by atoms with Gasteiger partial charge >= 0.3 is 49.6 Å². The third kappa shape index (κ3) is 7.23. The Morgan fingerprint density at radius 1 is 0.607 bits per heavy atom. The topological polar surface area (TPSA) is 0 Å². The summed E-state index contributed by atoms with van der Waals surface area (Å²) in [6, 6.07) is 33.4. The van der Waals surface area contributed by atoms with Gasteiger partial charge in [-0.25, -0.2) is 0 Å². The quantitative estimate of drug-likeness (QED) is 0.234. The second-order valence-electron chi connectivity index (χ2n) is 6.20. The zero-order valence-electron chi connectivity index (χ0n) is 15.6. The Morgan fingerprint density at radius 2 is 0.893 bits per heavy atom. The summed E-state index contributed by atoms with van der Waals surface area (Å²) < 4.78 is 0. The fourth-order valence-corrected chi connectivity index (χ4v) is 7.78. The molecule has 0 aliphatic rings. The van der Waals surface area contributed by atoms with E-state index in [1.54, 1.807) is 0 Å². The minimum atomic E-state index is -2.61. The van der Waals surface area contributed by atoms with Gasteiger partial charge < -0.3 is 0 Å². The monoisotopic (exact) mass is 515 g/mol. The third-order valence-corrected chi connectivity index (χ3v) is 8.96. The van der Waals surface area contributed by atoms with E-state index in [0.717, 1.165) is 0 Å². The van der Waals surface area contributed by atoms with Gasteiger partial charge in [0.05, 0.1) is 6.16 Å². The van der Waals surface area contributed by atoms with Crippen molar-refractivity contribution < 1.29 is 9.20 Å². The second kappa shape index (κ2) is 11.8. The summed E-state index contributed by atoms with van der Waals surface area (Å²) >= 11 is 0. The summed E-state index contributed by atoms with van der Waals surface area (Å²) in [5, 5.41) is 4.47. The zero-order chi connectivity index (χ0) is 20.5. The zero-order valence-corrected chi connectivity index (χ0v) is 20.6. The van der Waals surface area contributed by atoms with Crippen molar-refractivity contribution in [2.24, 2.45) is 0 Å². The molecule has 3 aromatic carbocycles.